The van der Waals surface area contributed by atoms with Crippen LogP contribution in [-0.2, 0) is 5.41 Å². The van der Waals surface area contributed by atoms with Crippen LogP contribution < -0.4 is 10.6 Å². The molecule has 0 aliphatic rings. The van der Waals surface area contributed by atoms with E-state index in [9.17, 15) is 9.59 Å². The normalized spacial score (nSPS) is 12.2. The van der Waals surface area contributed by atoms with Gasteiger partial charge in [0.2, 0.25) is 0 Å². The molecule has 4 rings (SSSR count). The second-order valence-corrected chi connectivity index (χ2v) is 11.3. The van der Waals surface area contributed by atoms with Crippen molar-refractivity contribution in [2.75, 3.05) is 10.6 Å². The van der Waals surface area contributed by atoms with E-state index in [1.54, 1.807) is 30.6 Å². The van der Waals surface area contributed by atoms with E-state index in [0.717, 1.165) is 11.3 Å². The van der Waals surface area contributed by atoms with Crippen molar-refractivity contribution in [1.82, 2.24) is 30.1 Å². The number of anilines is 3. The maximum absolute atomic E-state index is 13.0. The molecule has 4 aromatic heterocycles. The Hall–Kier alpha value is -3.54. The van der Waals surface area contributed by atoms with Gasteiger partial charge in [0.1, 0.15) is 21.9 Å². The van der Waals surface area contributed by atoms with E-state index < -0.39 is 0 Å². The maximum Gasteiger partial charge on any atom is 0.268 e. The minimum Gasteiger partial charge on any atom is -0.339 e. The zero-order valence-corrected chi connectivity index (χ0v) is 23.3. The Balaban J connectivity index is 1.43. The highest BCUT2D eigenvalue weighted by molar-refractivity contribution is 7.13. The van der Waals surface area contributed by atoms with Gasteiger partial charge in [-0.25, -0.2) is 15.0 Å². The van der Waals surface area contributed by atoms with E-state index in [1.807, 2.05) is 27.7 Å². The Morgan fingerprint density at radius 3 is 2.53 bits per heavy atom. The van der Waals surface area contributed by atoms with Crippen LogP contribution in [0.15, 0.2) is 43.1 Å². The topological polar surface area (TPSA) is 136 Å². The summed E-state index contributed by atoms with van der Waals surface area (Å²) in [5.74, 6) is -0.321. The van der Waals surface area contributed by atoms with Crippen molar-refractivity contribution in [2.45, 2.75) is 45.4 Å². The number of carbonyl (C=O) groups is 2. The summed E-state index contributed by atoms with van der Waals surface area (Å²) in [4.78, 5) is 42.8. The molecule has 1 unspecified atom stereocenters. The first-order chi connectivity index (χ1) is 18.0. The van der Waals surface area contributed by atoms with Gasteiger partial charge in [-0.3, -0.25) is 14.6 Å². The predicted molar refractivity (Wildman–Crippen MR) is 148 cm³/mol. The number of hydrogen-bond acceptors (Lipinski definition) is 10. The second-order valence-electron chi connectivity index (χ2n) is 9.48. The first-order valence-corrected chi connectivity index (χ1v) is 13.1. The Bertz CT molecular complexity index is 1470. The highest BCUT2D eigenvalue weighted by Crippen LogP contribution is 2.31. The van der Waals surface area contributed by atoms with E-state index in [1.165, 1.54) is 23.9 Å². The van der Waals surface area contributed by atoms with Gasteiger partial charge in [-0.2, -0.15) is 0 Å². The number of aromatic nitrogens is 6. The van der Waals surface area contributed by atoms with Crippen LogP contribution in [0.3, 0.4) is 0 Å². The molecular formula is C25H24Cl2N8O2S. The van der Waals surface area contributed by atoms with Crippen molar-refractivity contribution in [3.63, 3.8) is 0 Å². The zero-order valence-electron chi connectivity index (χ0n) is 21.0. The van der Waals surface area contributed by atoms with Crippen LogP contribution in [0.25, 0.3) is 0 Å². The number of Topliss-reactive ketones (excluding diaryl/α,β-unsaturated/α-hetero) is 1. The molecule has 2 N–H and O–H groups in total. The molecule has 0 radical (unpaired) electrons. The summed E-state index contributed by atoms with van der Waals surface area (Å²) in [5.41, 5.74) is 1.33. The standard InChI is InChI=1S/C25H24Cl2N8O2S/c1-13(9-16(36)20-19(26)22(31-12-30-20)32-14-5-7-28-8-6-14)24-29-11-17(38-24)23(37)33-18-10-15(25(2,3)4)21(27)35-34-18/h5-8,10-13H,9H2,1-4H3,(H,33,34,37)(H,28,30,31,32). The summed E-state index contributed by atoms with van der Waals surface area (Å²) < 4.78 is 0. The van der Waals surface area contributed by atoms with Crippen LogP contribution >= 0.6 is 34.5 Å². The summed E-state index contributed by atoms with van der Waals surface area (Å²) >= 11 is 13.8. The summed E-state index contributed by atoms with van der Waals surface area (Å²) in [6.07, 6.45) is 6.10. The third-order valence-corrected chi connectivity index (χ3v) is 7.32. The van der Waals surface area contributed by atoms with Gasteiger partial charge >= 0.3 is 0 Å². The van der Waals surface area contributed by atoms with E-state index in [4.69, 9.17) is 23.2 Å². The highest BCUT2D eigenvalue weighted by atomic mass is 35.5. The molecule has 0 bridgehead atoms. The summed E-state index contributed by atoms with van der Waals surface area (Å²) in [5, 5.41) is 14.7. The molecule has 1 amide bonds. The van der Waals surface area contributed by atoms with Gasteiger partial charge in [0.05, 0.1) is 11.2 Å². The van der Waals surface area contributed by atoms with Crippen molar-refractivity contribution < 1.29 is 9.59 Å². The number of thiazole rings is 1. The molecule has 38 heavy (non-hydrogen) atoms. The molecular weight excluding hydrogens is 547 g/mol. The van der Waals surface area contributed by atoms with Crippen LogP contribution in [-0.4, -0.2) is 41.8 Å². The average molecular weight is 571 g/mol. The molecule has 0 aromatic carbocycles. The van der Waals surface area contributed by atoms with Crippen molar-refractivity contribution in [2.24, 2.45) is 0 Å². The smallest absolute Gasteiger partial charge is 0.268 e. The zero-order chi connectivity index (χ0) is 27.4. The Morgan fingerprint density at radius 2 is 1.82 bits per heavy atom. The van der Waals surface area contributed by atoms with Crippen LogP contribution in [0.5, 0.6) is 0 Å². The largest absolute Gasteiger partial charge is 0.339 e. The molecule has 4 aromatic rings. The fourth-order valence-electron chi connectivity index (χ4n) is 3.45. The number of halogens is 2. The predicted octanol–water partition coefficient (Wildman–Crippen LogP) is 6.09. The molecule has 0 saturated carbocycles. The molecule has 10 nitrogen and oxygen atoms in total. The third kappa shape index (κ3) is 6.47. The molecule has 0 aliphatic carbocycles. The SMILES string of the molecule is CC(CC(=O)c1ncnc(Nc2ccncc2)c1Cl)c1ncc(C(=O)Nc2cc(C(C)(C)C)c(Cl)nn2)s1. The summed E-state index contributed by atoms with van der Waals surface area (Å²) in [7, 11) is 0. The molecule has 4 heterocycles. The number of nitrogens with one attached hydrogen (secondary N) is 2. The number of hydrogen-bond donors (Lipinski definition) is 2. The van der Waals surface area contributed by atoms with Crippen molar-refractivity contribution in [1.29, 1.82) is 0 Å². The van der Waals surface area contributed by atoms with E-state index in [2.05, 4.69) is 40.8 Å². The Labute approximate surface area is 233 Å². The first kappa shape index (κ1) is 27.5. The average Bonchev–Trinajstić information content (AvgIpc) is 3.37. The fraction of sp³-hybridized carbons (Fsp3) is 0.280. The van der Waals surface area contributed by atoms with Crippen LogP contribution in [0, 0.1) is 0 Å². The lowest BCUT2D eigenvalue weighted by Crippen LogP contribution is -2.17. The molecule has 1 atom stereocenters. The molecule has 196 valence electrons. The minimum atomic E-state index is -0.380. The van der Waals surface area contributed by atoms with Crippen molar-refractivity contribution >= 4 is 63.6 Å². The van der Waals surface area contributed by atoms with Gasteiger partial charge < -0.3 is 10.6 Å². The third-order valence-electron chi connectivity index (χ3n) is 5.46. The number of amides is 1. The lowest BCUT2D eigenvalue weighted by atomic mass is 9.88. The molecule has 0 aliphatic heterocycles. The van der Waals surface area contributed by atoms with Crippen LogP contribution in [0.2, 0.25) is 10.2 Å². The van der Waals surface area contributed by atoms with Crippen molar-refractivity contribution in [3.8, 4) is 0 Å². The molecule has 0 saturated heterocycles. The Kier molecular flexibility index (Phi) is 8.29. The number of nitrogens with zero attached hydrogens (tertiary/aromatic N) is 6. The van der Waals surface area contributed by atoms with Crippen LogP contribution in [0.1, 0.15) is 70.8 Å². The van der Waals surface area contributed by atoms with E-state index in [0.29, 0.717) is 15.7 Å². The van der Waals surface area contributed by atoms with Gasteiger partial charge in [0.25, 0.3) is 5.91 Å². The second kappa shape index (κ2) is 11.5. The maximum atomic E-state index is 13.0. The van der Waals surface area contributed by atoms with Gasteiger partial charge in [-0.05, 0) is 23.6 Å². The van der Waals surface area contributed by atoms with Gasteiger partial charge in [-0.1, -0.05) is 50.9 Å². The molecule has 0 spiro atoms. The van der Waals surface area contributed by atoms with Gasteiger partial charge in [-0.15, -0.1) is 21.5 Å². The first-order valence-electron chi connectivity index (χ1n) is 11.5. The number of pyridine rings is 1. The highest BCUT2D eigenvalue weighted by Gasteiger charge is 2.23. The summed E-state index contributed by atoms with van der Waals surface area (Å²) in [6.45, 7) is 7.83. The minimum absolute atomic E-state index is 0.0948. The number of rotatable bonds is 8. The molecule has 13 heteroatoms. The Morgan fingerprint density at radius 1 is 1.08 bits per heavy atom. The van der Waals surface area contributed by atoms with Crippen LogP contribution in [0.4, 0.5) is 17.3 Å². The van der Waals surface area contributed by atoms with Gasteiger partial charge in [0.15, 0.2) is 22.6 Å². The van der Waals surface area contributed by atoms with E-state index >= 15 is 0 Å². The fourth-order valence-corrected chi connectivity index (χ4v) is 4.94. The quantitative estimate of drug-likeness (QED) is 0.241. The van der Waals surface area contributed by atoms with Gasteiger partial charge in [0, 0.05) is 36.0 Å². The lowest BCUT2D eigenvalue weighted by molar-refractivity contribution is 0.0969. The number of carbonyl (C=O) groups excluding carboxylic acids is 2. The van der Waals surface area contributed by atoms with Crippen molar-refractivity contribution in [3.05, 3.63) is 74.4 Å². The lowest BCUT2D eigenvalue weighted by Gasteiger charge is -2.20. The summed E-state index contributed by atoms with van der Waals surface area (Å²) in [6, 6.07) is 5.21. The number of ketones is 1. The monoisotopic (exact) mass is 570 g/mol. The van der Waals surface area contributed by atoms with E-state index in [-0.39, 0.29) is 51.1 Å². The molecule has 0 fully saturated rings.